The number of aromatic nitrogens is 2. The van der Waals surface area contributed by atoms with Crippen LogP contribution in [0.1, 0.15) is 64.9 Å². The topological polar surface area (TPSA) is 96.5 Å². The number of ketones is 1. The number of carbonyl (C=O) groups excluding carboxylic acids is 2. The standard InChI is InChI=1S/C29H35N5O3S.C3H6/c1-19-9-10-21(16-19)30-28-22-17-24(31-26(36)8-6-7-11-34-12-14-38-15-13-34)25(37-29(3,4)5)18-23(22)32-33-27(28)20(2)35;1-3-2/h9-10,17-18H,7,11-16H2,1-5H3,(H,30,32)(H,31,36);3H,1H2,2H3. The molecule has 0 bridgehead atoms. The van der Waals surface area contributed by atoms with E-state index < -0.39 is 11.5 Å². The fraction of sp³-hybridized carbons (Fsp3) is 0.438. The molecule has 0 unspecified atom stereocenters. The Hall–Kier alpha value is -3.61. The van der Waals surface area contributed by atoms with Crippen molar-refractivity contribution in [3.63, 3.8) is 0 Å². The summed E-state index contributed by atoms with van der Waals surface area (Å²) in [6.45, 7) is 17.6. The van der Waals surface area contributed by atoms with Crippen LogP contribution in [-0.2, 0) is 4.79 Å². The molecular formula is C32H41N5O3S. The Bertz CT molecular complexity index is 1410. The normalized spacial score (nSPS) is 15.0. The van der Waals surface area contributed by atoms with Crippen LogP contribution in [0.3, 0.4) is 0 Å². The highest BCUT2D eigenvalue weighted by Gasteiger charge is 2.22. The van der Waals surface area contributed by atoms with Gasteiger partial charge in [0.2, 0.25) is 0 Å². The van der Waals surface area contributed by atoms with Crippen molar-refractivity contribution in [2.75, 3.05) is 41.8 Å². The van der Waals surface area contributed by atoms with Crippen LogP contribution in [0.5, 0.6) is 5.75 Å². The zero-order chi connectivity index (χ0) is 30.0. The van der Waals surface area contributed by atoms with Gasteiger partial charge in [-0.25, -0.2) is 0 Å². The Kier molecular flexibility index (Phi) is 11.6. The molecule has 9 heteroatoms. The molecule has 4 rings (SSSR count). The molecule has 1 aliphatic heterocycles. The summed E-state index contributed by atoms with van der Waals surface area (Å²) in [5.74, 6) is 7.84. The SMILES string of the molecule is C=CC.CC(=O)c1nnc2cc(OC(C)(C)C)c(NC(=O)C#CCCN3CCSCC3)cc2c1NC1=CC=C(C)C1. The molecule has 1 fully saturated rings. The van der Waals surface area contributed by atoms with Gasteiger partial charge in [0.05, 0.1) is 16.9 Å². The van der Waals surface area contributed by atoms with E-state index >= 15 is 0 Å². The van der Waals surface area contributed by atoms with Crippen LogP contribution in [-0.4, -0.2) is 63.5 Å². The summed E-state index contributed by atoms with van der Waals surface area (Å²) in [5.41, 5.74) is 3.45. The van der Waals surface area contributed by atoms with Gasteiger partial charge in [-0.1, -0.05) is 23.6 Å². The molecule has 1 aromatic carbocycles. The first-order valence-corrected chi connectivity index (χ1v) is 15.0. The van der Waals surface area contributed by atoms with E-state index in [9.17, 15) is 9.59 Å². The zero-order valence-corrected chi connectivity index (χ0v) is 25.8. The van der Waals surface area contributed by atoms with E-state index in [2.05, 4.69) is 51.1 Å². The highest BCUT2D eigenvalue weighted by Crippen LogP contribution is 2.37. The molecule has 1 aliphatic carbocycles. The van der Waals surface area contributed by atoms with Crippen molar-refractivity contribution in [2.24, 2.45) is 0 Å². The summed E-state index contributed by atoms with van der Waals surface area (Å²) in [5, 5.41) is 15.4. The zero-order valence-electron chi connectivity index (χ0n) is 25.0. The fourth-order valence-corrected chi connectivity index (χ4v) is 5.24. The van der Waals surface area contributed by atoms with Gasteiger partial charge in [0.1, 0.15) is 11.4 Å². The van der Waals surface area contributed by atoms with Crippen molar-refractivity contribution >= 4 is 45.7 Å². The van der Waals surface area contributed by atoms with Crippen molar-refractivity contribution in [3.05, 3.63) is 53.9 Å². The second kappa shape index (κ2) is 14.9. The summed E-state index contributed by atoms with van der Waals surface area (Å²) in [4.78, 5) is 27.6. The summed E-state index contributed by atoms with van der Waals surface area (Å²) in [7, 11) is 0. The summed E-state index contributed by atoms with van der Waals surface area (Å²) < 4.78 is 6.17. The molecular weight excluding hydrogens is 534 g/mol. The Balaban J connectivity index is 0.00000147. The first-order chi connectivity index (χ1) is 19.5. The molecule has 0 atom stereocenters. The summed E-state index contributed by atoms with van der Waals surface area (Å²) in [6, 6.07) is 3.52. The number of Topliss-reactive ketones (excluding diaryl/α,β-unsaturated/α-hetero) is 1. The first-order valence-electron chi connectivity index (χ1n) is 13.9. The van der Waals surface area contributed by atoms with E-state index in [-0.39, 0.29) is 11.5 Å². The highest BCUT2D eigenvalue weighted by molar-refractivity contribution is 7.99. The van der Waals surface area contributed by atoms with Crippen LogP contribution in [0.4, 0.5) is 11.4 Å². The predicted octanol–water partition coefficient (Wildman–Crippen LogP) is 6.23. The van der Waals surface area contributed by atoms with Crippen LogP contribution in [0, 0.1) is 11.8 Å². The van der Waals surface area contributed by atoms with Gasteiger partial charge in [0.15, 0.2) is 11.5 Å². The van der Waals surface area contributed by atoms with E-state index in [0.717, 1.165) is 43.3 Å². The number of anilines is 2. The van der Waals surface area contributed by atoms with E-state index in [1.165, 1.54) is 12.5 Å². The molecule has 1 amide bonds. The van der Waals surface area contributed by atoms with Gasteiger partial charge < -0.3 is 20.3 Å². The lowest BCUT2D eigenvalue weighted by Crippen LogP contribution is -2.33. The molecule has 1 saturated heterocycles. The van der Waals surface area contributed by atoms with Crippen LogP contribution in [0.2, 0.25) is 0 Å². The van der Waals surface area contributed by atoms with Crippen LogP contribution in [0.15, 0.2) is 48.2 Å². The van der Waals surface area contributed by atoms with Crippen LogP contribution in [0.25, 0.3) is 10.9 Å². The largest absolute Gasteiger partial charge is 0.486 e. The van der Waals surface area contributed by atoms with Crippen molar-refractivity contribution < 1.29 is 14.3 Å². The highest BCUT2D eigenvalue weighted by atomic mass is 32.2. The number of thioether (sulfide) groups is 1. The molecule has 0 spiro atoms. The minimum Gasteiger partial charge on any atom is -0.486 e. The second-order valence-electron chi connectivity index (χ2n) is 10.9. The van der Waals surface area contributed by atoms with Gasteiger partial charge in [-0.15, -0.1) is 16.8 Å². The summed E-state index contributed by atoms with van der Waals surface area (Å²) >= 11 is 1.97. The third-order valence-electron chi connectivity index (χ3n) is 6.04. The summed E-state index contributed by atoms with van der Waals surface area (Å²) in [6.07, 6.45) is 7.16. The van der Waals surface area contributed by atoms with Crippen molar-refractivity contribution in [3.8, 4) is 17.6 Å². The average molecular weight is 576 g/mol. The minimum atomic E-state index is -0.517. The van der Waals surface area contributed by atoms with Crippen molar-refractivity contribution in [2.45, 2.75) is 60.0 Å². The number of ether oxygens (including phenoxy) is 1. The number of nitrogens with one attached hydrogen (secondary N) is 2. The lowest BCUT2D eigenvalue weighted by molar-refractivity contribution is -0.111. The smallest absolute Gasteiger partial charge is 0.300 e. The molecule has 0 radical (unpaired) electrons. The second-order valence-corrected chi connectivity index (χ2v) is 12.2. The van der Waals surface area contributed by atoms with Crippen molar-refractivity contribution in [1.82, 2.24) is 15.1 Å². The molecule has 218 valence electrons. The number of rotatable bonds is 7. The first kappa shape index (κ1) is 31.9. The minimum absolute atomic E-state index is 0.205. The van der Waals surface area contributed by atoms with Gasteiger partial charge >= 0.3 is 0 Å². The maximum Gasteiger partial charge on any atom is 0.300 e. The van der Waals surface area contributed by atoms with Gasteiger partial charge in [0, 0.05) is 68.1 Å². The van der Waals surface area contributed by atoms with Crippen LogP contribution >= 0.6 is 11.8 Å². The third kappa shape index (κ3) is 9.76. The molecule has 8 nitrogen and oxygen atoms in total. The quantitative estimate of drug-likeness (QED) is 0.228. The lowest BCUT2D eigenvalue weighted by Gasteiger charge is -2.25. The number of fused-ring (bicyclic) bond motifs is 1. The van der Waals surface area contributed by atoms with E-state index in [1.807, 2.05) is 51.6 Å². The van der Waals surface area contributed by atoms with E-state index in [0.29, 0.717) is 34.4 Å². The molecule has 2 heterocycles. The van der Waals surface area contributed by atoms with Crippen LogP contribution < -0.4 is 15.4 Å². The number of nitrogens with zero attached hydrogens (tertiary/aromatic N) is 3. The molecule has 41 heavy (non-hydrogen) atoms. The lowest BCUT2D eigenvalue weighted by atomic mass is 10.1. The van der Waals surface area contributed by atoms with E-state index in [1.54, 1.807) is 18.2 Å². The van der Waals surface area contributed by atoms with E-state index in [4.69, 9.17) is 4.74 Å². The Morgan fingerprint density at radius 2 is 1.90 bits per heavy atom. The maximum atomic E-state index is 12.8. The average Bonchev–Trinajstić information content (AvgIpc) is 3.32. The number of hydrogen-bond donors (Lipinski definition) is 2. The molecule has 2 N–H and O–H groups in total. The molecule has 2 aliphatic rings. The van der Waals surface area contributed by atoms with Gasteiger partial charge in [0.25, 0.3) is 5.91 Å². The molecule has 1 aromatic heterocycles. The maximum absolute atomic E-state index is 12.8. The number of benzene rings is 1. The Morgan fingerprint density at radius 1 is 1.20 bits per heavy atom. The van der Waals surface area contributed by atoms with Gasteiger partial charge in [-0.3, -0.25) is 9.59 Å². The Labute approximate surface area is 248 Å². The molecule has 0 saturated carbocycles. The fourth-order valence-electron chi connectivity index (χ4n) is 4.26. The predicted molar refractivity (Wildman–Crippen MR) is 171 cm³/mol. The molecule has 2 aromatic rings. The monoisotopic (exact) mass is 575 g/mol. The Morgan fingerprint density at radius 3 is 2.51 bits per heavy atom. The number of allylic oxidation sites excluding steroid dienone is 4. The number of carbonyl (C=O) groups is 2. The van der Waals surface area contributed by atoms with Gasteiger partial charge in [-0.05, 0) is 52.7 Å². The number of amides is 1. The third-order valence-corrected chi connectivity index (χ3v) is 6.98. The van der Waals surface area contributed by atoms with Crippen molar-refractivity contribution in [1.29, 1.82) is 0 Å². The van der Waals surface area contributed by atoms with Gasteiger partial charge in [-0.2, -0.15) is 11.8 Å². The number of hydrogen-bond acceptors (Lipinski definition) is 8.